The molecule has 1 saturated heterocycles. The molecule has 1 fully saturated rings. The van der Waals surface area contributed by atoms with E-state index >= 15 is 0 Å². The molecule has 6 nitrogen and oxygen atoms in total. The Kier molecular flexibility index (Phi) is 6.79. The Morgan fingerprint density at radius 3 is 2.33 bits per heavy atom. The first-order chi connectivity index (χ1) is 11.3. The molecule has 1 aromatic carbocycles. The van der Waals surface area contributed by atoms with Crippen LogP contribution in [0, 0.1) is 6.92 Å². The average Bonchev–Trinajstić information content (AvgIpc) is 2.75. The molecule has 8 heteroatoms. The lowest BCUT2D eigenvalue weighted by atomic mass is 10.2. The predicted octanol–water partition coefficient (Wildman–Crippen LogP) is 1.62. The van der Waals surface area contributed by atoms with Crippen molar-refractivity contribution in [1.29, 1.82) is 0 Å². The Labute approximate surface area is 145 Å². The van der Waals surface area contributed by atoms with Gasteiger partial charge >= 0.3 is 0 Å². The van der Waals surface area contributed by atoms with Gasteiger partial charge in [-0.2, -0.15) is 0 Å². The van der Waals surface area contributed by atoms with E-state index in [4.69, 9.17) is 0 Å². The molecule has 0 bridgehead atoms. The average molecular weight is 375 g/mol. The molecule has 0 amide bonds. The quantitative estimate of drug-likeness (QED) is 0.786. The van der Waals surface area contributed by atoms with Crippen molar-refractivity contribution in [3.8, 4) is 0 Å². The summed E-state index contributed by atoms with van der Waals surface area (Å²) in [6.07, 6.45) is 3.85. The maximum absolute atomic E-state index is 12.3. The van der Waals surface area contributed by atoms with Gasteiger partial charge in [-0.3, -0.25) is 0 Å². The van der Waals surface area contributed by atoms with Crippen molar-refractivity contribution in [2.75, 3.05) is 25.4 Å². The van der Waals surface area contributed by atoms with Crippen LogP contribution in [0.1, 0.15) is 36.8 Å². The van der Waals surface area contributed by atoms with Crippen molar-refractivity contribution in [3.05, 3.63) is 35.4 Å². The summed E-state index contributed by atoms with van der Waals surface area (Å²) in [6.45, 7) is 2.89. The van der Waals surface area contributed by atoms with Crippen molar-refractivity contribution >= 4 is 20.0 Å². The fourth-order valence-corrected chi connectivity index (χ4v) is 5.54. The van der Waals surface area contributed by atoms with E-state index in [1.165, 1.54) is 4.31 Å². The molecule has 1 aliphatic rings. The minimum absolute atomic E-state index is 0.0903. The van der Waals surface area contributed by atoms with Gasteiger partial charge in [-0.15, -0.1) is 0 Å². The number of nitrogens with one attached hydrogen (secondary N) is 1. The lowest BCUT2D eigenvalue weighted by Gasteiger charge is -2.19. The van der Waals surface area contributed by atoms with Crippen LogP contribution in [0.3, 0.4) is 0 Å². The largest absolute Gasteiger partial charge is 0.215 e. The van der Waals surface area contributed by atoms with Gasteiger partial charge in [-0.05, 0) is 25.3 Å². The highest BCUT2D eigenvalue weighted by Crippen LogP contribution is 2.13. The first-order valence-electron chi connectivity index (χ1n) is 8.29. The zero-order valence-corrected chi connectivity index (χ0v) is 15.7. The molecule has 24 heavy (non-hydrogen) atoms. The Bertz CT molecular complexity index is 737. The molecule has 0 aliphatic carbocycles. The van der Waals surface area contributed by atoms with Crippen molar-refractivity contribution in [1.82, 2.24) is 9.03 Å². The number of aryl methyl sites for hydroxylation is 1. The second-order valence-corrected chi connectivity index (χ2v) is 10.2. The van der Waals surface area contributed by atoms with Gasteiger partial charge in [-0.25, -0.2) is 25.9 Å². The van der Waals surface area contributed by atoms with E-state index < -0.39 is 20.0 Å². The molecule has 1 aromatic rings. The van der Waals surface area contributed by atoms with Crippen LogP contribution in [0.25, 0.3) is 0 Å². The number of hydrogen-bond acceptors (Lipinski definition) is 4. The van der Waals surface area contributed by atoms with Crippen molar-refractivity contribution < 1.29 is 16.8 Å². The third-order valence-electron chi connectivity index (χ3n) is 4.08. The molecule has 0 radical (unpaired) electrons. The number of hydrogen-bond donors (Lipinski definition) is 1. The van der Waals surface area contributed by atoms with Crippen LogP contribution in [-0.4, -0.2) is 46.5 Å². The standard InChI is InChI=1S/C16H26N2O4S2/c1-15-7-6-8-16(13-15)14-23(19,20)17-9-12-24(21,22)18-10-4-2-3-5-11-18/h6-8,13,17H,2-5,9-12,14H2,1H3. The summed E-state index contributed by atoms with van der Waals surface area (Å²) in [5, 5.41) is 0. The number of rotatable bonds is 7. The third kappa shape index (κ3) is 6.16. The van der Waals surface area contributed by atoms with Gasteiger partial charge in [0.05, 0.1) is 11.5 Å². The molecule has 1 N–H and O–H groups in total. The summed E-state index contributed by atoms with van der Waals surface area (Å²) >= 11 is 0. The highest BCUT2D eigenvalue weighted by molar-refractivity contribution is 7.89. The van der Waals surface area contributed by atoms with Crippen LogP contribution >= 0.6 is 0 Å². The van der Waals surface area contributed by atoms with Crippen molar-refractivity contribution in [3.63, 3.8) is 0 Å². The monoisotopic (exact) mass is 374 g/mol. The van der Waals surface area contributed by atoms with E-state index in [1.807, 2.05) is 25.1 Å². The Hall–Kier alpha value is -0.960. The Morgan fingerprint density at radius 2 is 1.71 bits per heavy atom. The van der Waals surface area contributed by atoms with Crippen LogP contribution in [-0.2, 0) is 25.8 Å². The summed E-state index contributed by atoms with van der Waals surface area (Å²) in [5.41, 5.74) is 1.68. The Balaban J connectivity index is 1.87. The Morgan fingerprint density at radius 1 is 1.04 bits per heavy atom. The maximum atomic E-state index is 12.3. The van der Waals surface area contributed by atoms with Gasteiger partial charge in [0.25, 0.3) is 0 Å². The minimum Gasteiger partial charge on any atom is -0.214 e. The van der Waals surface area contributed by atoms with Crippen LogP contribution in [0.4, 0.5) is 0 Å². The fraction of sp³-hybridized carbons (Fsp3) is 0.625. The highest BCUT2D eigenvalue weighted by atomic mass is 32.2. The molecular formula is C16H26N2O4S2. The zero-order chi connectivity index (χ0) is 17.6. The van der Waals surface area contributed by atoms with E-state index in [-0.39, 0.29) is 18.1 Å². The van der Waals surface area contributed by atoms with E-state index in [9.17, 15) is 16.8 Å². The topological polar surface area (TPSA) is 83.5 Å². The second-order valence-electron chi connectivity index (χ2n) is 6.27. The normalized spacial score (nSPS) is 17.5. The summed E-state index contributed by atoms with van der Waals surface area (Å²) in [6, 6.07) is 7.27. The number of benzene rings is 1. The molecule has 2 rings (SSSR count). The zero-order valence-electron chi connectivity index (χ0n) is 14.1. The van der Waals surface area contributed by atoms with E-state index in [0.29, 0.717) is 18.7 Å². The van der Waals surface area contributed by atoms with Crippen LogP contribution in [0.2, 0.25) is 0 Å². The van der Waals surface area contributed by atoms with Gasteiger partial charge in [0.1, 0.15) is 0 Å². The molecule has 0 unspecified atom stereocenters. The SMILES string of the molecule is Cc1cccc(CS(=O)(=O)NCCS(=O)(=O)N2CCCCCC2)c1. The molecule has 1 aliphatic heterocycles. The van der Waals surface area contributed by atoms with Crippen LogP contribution < -0.4 is 4.72 Å². The van der Waals surface area contributed by atoms with Gasteiger partial charge in [-0.1, -0.05) is 42.7 Å². The van der Waals surface area contributed by atoms with E-state index in [2.05, 4.69) is 4.72 Å². The van der Waals surface area contributed by atoms with Gasteiger partial charge in [0.2, 0.25) is 20.0 Å². The predicted molar refractivity (Wildman–Crippen MR) is 95.6 cm³/mol. The summed E-state index contributed by atoms with van der Waals surface area (Å²) in [7, 11) is -6.95. The lowest BCUT2D eigenvalue weighted by molar-refractivity contribution is 0.423. The van der Waals surface area contributed by atoms with Gasteiger partial charge < -0.3 is 0 Å². The molecule has 136 valence electrons. The summed E-state index contributed by atoms with van der Waals surface area (Å²) in [4.78, 5) is 0. The molecule has 0 saturated carbocycles. The number of nitrogens with zero attached hydrogens (tertiary/aromatic N) is 1. The fourth-order valence-electron chi connectivity index (χ4n) is 2.85. The smallest absolute Gasteiger partial charge is 0.214 e. The molecule has 1 heterocycles. The maximum Gasteiger partial charge on any atom is 0.215 e. The second kappa shape index (κ2) is 8.42. The number of sulfonamides is 2. The highest BCUT2D eigenvalue weighted by Gasteiger charge is 2.23. The summed E-state index contributed by atoms with van der Waals surface area (Å²) < 4.78 is 52.8. The van der Waals surface area contributed by atoms with E-state index in [0.717, 1.165) is 31.2 Å². The van der Waals surface area contributed by atoms with Crippen LogP contribution in [0.15, 0.2) is 24.3 Å². The van der Waals surface area contributed by atoms with E-state index in [1.54, 1.807) is 6.07 Å². The minimum atomic E-state index is -3.54. The summed E-state index contributed by atoms with van der Waals surface area (Å²) in [5.74, 6) is -0.335. The lowest BCUT2D eigenvalue weighted by Crippen LogP contribution is -2.38. The first-order valence-corrected chi connectivity index (χ1v) is 11.6. The first kappa shape index (κ1) is 19.4. The molecule has 0 atom stereocenters. The molecular weight excluding hydrogens is 348 g/mol. The third-order valence-corrected chi connectivity index (χ3v) is 7.31. The van der Waals surface area contributed by atoms with Gasteiger partial charge in [0.15, 0.2) is 0 Å². The van der Waals surface area contributed by atoms with Crippen molar-refractivity contribution in [2.45, 2.75) is 38.4 Å². The molecule has 0 aromatic heterocycles. The van der Waals surface area contributed by atoms with Crippen molar-refractivity contribution in [2.24, 2.45) is 0 Å². The van der Waals surface area contributed by atoms with Gasteiger partial charge in [0, 0.05) is 19.6 Å². The molecule has 0 spiro atoms. The van der Waals surface area contributed by atoms with Crippen LogP contribution in [0.5, 0.6) is 0 Å².